The molecule has 0 fully saturated rings. The maximum Gasteiger partial charge on any atom is 0.232 e. The second-order valence-corrected chi connectivity index (χ2v) is 6.78. The lowest BCUT2D eigenvalue weighted by molar-refractivity contribution is -0.120. The lowest BCUT2D eigenvalue weighted by Gasteiger charge is -2.25. The number of aromatic nitrogens is 2. The van der Waals surface area contributed by atoms with E-state index in [0.717, 1.165) is 31.2 Å². The van der Waals surface area contributed by atoms with E-state index >= 15 is 0 Å². The van der Waals surface area contributed by atoms with E-state index < -0.39 is 0 Å². The summed E-state index contributed by atoms with van der Waals surface area (Å²) in [5, 5.41) is 0. The van der Waals surface area contributed by atoms with Gasteiger partial charge in [0.2, 0.25) is 11.9 Å². The lowest BCUT2D eigenvalue weighted by Crippen LogP contribution is -2.35. The minimum atomic E-state index is -0.0241. The van der Waals surface area contributed by atoms with Crippen molar-refractivity contribution in [2.45, 2.75) is 66.7 Å². The number of rotatable bonds is 7. The first-order valence-corrected chi connectivity index (χ1v) is 7.98. The molecule has 0 aromatic carbocycles. The molecule has 118 valence electrons. The van der Waals surface area contributed by atoms with Crippen LogP contribution in [0.5, 0.6) is 0 Å². The van der Waals surface area contributed by atoms with E-state index in [9.17, 15) is 4.79 Å². The number of hydrogen-bond donors (Lipinski definition) is 0. The molecule has 1 aromatic heterocycles. The first kappa shape index (κ1) is 17.6. The molecular weight excluding hydrogens is 262 g/mol. The normalized spacial score (nSPS) is 11.5. The first-order chi connectivity index (χ1) is 9.87. The molecule has 1 rings (SSSR count). The van der Waals surface area contributed by atoms with E-state index in [1.807, 2.05) is 12.4 Å². The van der Waals surface area contributed by atoms with Crippen LogP contribution < -0.4 is 4.90 Å². The fourth-order valence-corrected chi connectivity index (χ4v) is 2.11. The number of carbonyl (C=O) groups is 1. The summed E-state index contributed by atoms with van der Waals surface area (Å²) >= 11 is 0. The largest absolute Gasteiger partial charge is 0.281 e. The van der Waals surface area contributed by atoms with Gasteiger partial charge in [-0.15, -0.1) is 0 Å². The Morgan fingerprint density at radius 1 is 1.14 bits per heavy atom. The van der Waals surface area contributed by atoms with Crippen molar-refractivity contribution in [1.82, 2.24) is 9.97 Å². The average Bonchev–Trinajstić information content (AvgIpc) is 2.39. The number of unbranched alkanes of at least 4 members (excludes halogenated alkanes) is 1. The third-order valence-electron chi connectivity index (χ3n) is 3.19. The van der Waals surface area contributed by atoms with Crippen molar-refractivity contribution in [3.05, 3.63) is 18.0 Å². The molecule has 4 heteroatoms. The van der Waals surface area contributed by atoms with E-state index in [-0.39, 0.29) is 11.3 Å². The molecule has 1 aromatic rings. The predicted octanol–water partition coefficient (Wildman–Crippen LogP) is 4.00. The topological polar surface area (TPSA) is 46.1 Å². The summed E-state index contributed by atoms with van der Waals surface area (Å²) in [7, 11) is 0. The molecule has 0 radical (unpaired) electrons. The molecule has 0 bridgehead atoms. The molecule has 0 aliphatic rings. The number of hydrogen-bond acceptors (Lipinski definition) is 3. The van der Waals surface area contributed by atoms with Gasteiger partial charge in [0, 0.05) is 25.4 Å². The van der Waals surface area contributed by atoms with Gasteiger partial charge in [-0.3, -0.25) is 9.69 Å². The summed E-state index contributed by atoms with van der Waals surface area (Å²) < 4.78 is 0. The zero-order chi connectivity index (χ0) is 15.9. The summed E-state index contributed by atoms with van der Waals surface area (Å²) in [6.07, 6.45) is 8.26. The van der Waals surface area contributed by atoms with Crippen LogP contribution in [-0.4, -0.2) is 22.4 Å². The quantitative estimate of drug-likeness (QED) is 0.763. The zero-order valence-corrected chi connectivity index (χ0v) is 14.1. The van der Waals surface area contributed by atoms with E-state index in [4.69, 9.17) is 0 Å². The molecule has 0 saturated heterocycles. The Kier molecular flexibility index (Phi) is 6.79. The van der Waals surface area contributed by atoms with Crippen molar-refractivity contribution >= 4 is 11.9 Å². The van der Waals surface area contributed by atoms with Crippen LogP contribution in [0.15, 0.2) is 12.4 Å². The Balaban J connectivity index is 2.87. The maximum atomic E-state index is 12.5. The molecular formula is C17H29N3O. The van der Waals surface area contributed by atoms with Crippen molar-refractivity contribution in [3.63, 3.8) is 0 Å². The molecule has 0 N–H and O–H groups in total. The van der Waals surface area contributed by atoms with E-state index in [1.165, 1.54) is 0 Å². The summed E-state index contributed by atoms with van der Waals surface area (Å²) in [5.41, 5.74) is 1.10. The van der Waals surface area contributed by atoms with Gasteiger partial charge in [-0.05, 0) is 23.8 Å². The van der Waals surface area contributed by atoms with Gasteiger partial charge in [-0.25, -0.2) is 9.97 Å². The Hall–Kier alpha value is -1.45. The second kappa shape index (κ2) is 8.11. The maximum absolute atomic E-state index is 12.5. The molecule has 0 aliphatic heterocycles. The van der Waals surface area contributed by atoms with Crippen LogP contribution >= 0.6 is 0 Å². The van der Waals surface area contributed by atoms with Crippen molar-refractivity contribution in [1.29, 1.82) is 0 Å². The first-order valence-electron chi connectivity index (χ1n) is 7.98. The van der Waals surface area contributed by atoms with Crippen LogP contribution in [0.4, 0.5) is 5.95 Å². The summed E-state index contributed by atoms with van der Waals surface area (Å²) in [6.45, 7) is 11.2. The highest BCUT2D eigenvalue weighted by molar-refractivity contribution is 5.91. The number of carbonyl (C=O) groups excluding carboxylic acids is 1. The summed E-state index contributed by atoms with van der Waals surface area (Å²) in [5.74, 6) is 0.650. The highest BCUT2D eigenvalue weighted by Gasteiger charge is 2.23. The Labute approximate surface area is 129 Å². The van der Waals surface area contributed by atoms with Crippen molar-refractivity contribution in [2.75, 3.05) is 11.4 Å². The highest BCUT2D eigenvalue weighted by Crippen LogP contribution is 2.22. The van der Waals surface area contributed by atoms with Crippen LogP contribution in [0.1, 0.15) is 65.9 Å². The van der Waals surface area contributed by atoms with E-state index in [2.05, 4.69) is 44.6 Å². The molecule has 0 spiro atoms. The SMILES string of the molecule is CCCCN(C(=O)CC(C)(C)C)c1ncc(CCC)cn1. The fraction of sp³-hybridized carbons (Fsp3) is 0.706. The monoisotopic (exact) mass is 291 g/mol. The molecule has 0 atom stereocenters. The van der Waals surface area contributed by atoms with Crippen LogP contribution in [0, 0.1) is 5.41 Å². The van der Waals surface area contributed by atoms with Crippen LogP contribution in [0.3, 0.4) is 0 Å². The third-order valence-corrected chi connectivity index (χ3v) is 3.19. The molecule has 0 saturated carbocycles. The van der Waals surface area contributed by atoms with Gasteiger partial charge >= 0.3 is 0 Å². The molecule has 1 amide bonds. The summed E-state index contributed by atoms with van der Waals surface area (Å²) in [4.78, 5) is 23.1. The standard InChI is InChI=1S/C17H29N3O/c1-6-8-10-20(15(21)11-17(3,4)5)16-18-12-14(9-7-2)13-19-16/h12-13H,6-11H2,1-5H3. The van der Waals surface area contributed by atoms with Gasteiger partial charge in [0.15, 0.2) is 0 Å². The minimum absolute atomic E-state index is 0.0241. The van der Waals surface area contributed by atoms with Crippen LogP contribution in [0.2, 0.25) is 0 Å². The second-order valence-electron chi connectivity index (χ2n) is 6.78. The van der Waals surface area contributed by atoms with Gasteiger partial charge in [-0.1, -0.05) is 47.5 Å². The third kappa shape index (κ3) is 6.23. The van der Waals surface area contributed by atoms with Crippen molar-refractivity contribution in [3.8, 4) is 0 Å². The highest BCUT2D eigenvalue weighted by atomic mass is 16.2. The average molecular weight is 291 g/mol. The molecule has 4 nitrogen and oxygen atoms in total. The van der Waals surface area contributed by atoms with Crippen LogP contribution in [0.25, 0.3) is 0 Å². The van der Waals surface area contributed by atoms with Gasteiger partial charge in [0.1, 0.15) is 0 Å². The van der Waals surface area contributed by atoms with Gasteiger partial charge in [-0.2, -0.15) is 0 Å². The number of aryl methyl sites for hydroxylation is 1. The van der Waals surface area contributed by atoms with Gasteiger partial charge < -0.3 is 0 Å². The lowest BCUT2D eigenvalue weighted by atomic mass is 9.91. The molecule has 21 heavy (non-hydrogen) atoms. The van der Waals surface area contributed by atoms with Crippen molar-refractivity contribution < 1.29 is 4.79 Å². The smallest absolute Gasteiger partial charge is 0.232 e. The molecule has 0 unspecified atom stereocenters. The van der Waals surface area contributed by atoms with E-state index in [1.54, 1.807) is 4.90 Å². The van der Waals surface area contributed by atoms with Crippen LogP contribution in [-0.2, 0) is 11.2 Å². The molecule has 0 aliphatic carbocycles. The number of amides is 1. The minimum Gasteiger partial charge on any atom is -0.281 e. The number of anilines is 1. The van der Waals surface area contributed by atoms with Gasteiger partial charge in [0.25, 0.3) is 0 Å². The zero-order valence-electron chi connectivity index (χ0n) is 14.1. The molecule has 1 heterocycles. The Morgan fingerprint density at radius 2 is 1.76 bits per heavy atom. The number of nitrogens with zero attached hydrogens (tertiary/aromatic N) is 3. The predicted molar refractivity (Wildman–Crippen MR) is 87.4 cm³/mol. The summed E-state index contributed by atoms with van der Waals surface area (Å²) in [6, 6.07) is 0. The van der Waals surface area contributed by atoms with E-state index in [0.29, 0.717) is 18.9 Å². The van der Waals surface area contributed by atoms with Gasteiger partial charge in [0.05, 0.1) is 0 Å². The van der Waals surface area contributed by atoms with Crippen molar-refractivity contribution in [2.24, 2.45) is 5.41 Å². The Morgan fingerprint density at radius 3 is 2.24 bits per heavy atom. The fourth-order valence-electron chi connectivity index (χ4n) is 2.11. The Bertz CT molecular complexity index is 434.